The van der Waals surface area contributed by atoms with Gasteiger partial charge in [-0.1, -0.05) is 30.3 Å². The Morgan fingerprint density at radius 2 is 1.76 bits per heavy atom. The van der Waals surface area contributed by atoms with Gasteiger partial charge in [0.2, 0.25) is 5.95 Å². The predicted molar refractivity (Wildman–Crippen MR) is 116 cm³/mol. The van der Waals surface area contributed by atoms with Crippen LogP contribution in [-0.2, 0) is 4.74 Å². The zero-order valence-corrected chi connectivity index (χ0v) is 16.8. The molecule has 0 saturated carbocycles. The highest BCUT2D eigenvalue weighted by Crippen LogP contribution is 2.23. The molecule has 150 valence electrons. The molecule has 1 heterocycles. The second-order valence-electron chi connectivity index (χ2n) is 6.75. The van der Waals surface area contributed by atoms with Gasteiger partial charge in [-0.2, -0.15) is 4.98 Å². The van der Waals surface area contributed by atoms with Gasteiger partial charge >= 0.3 is 5.97 Å². The van der Waals surface area contributed by atoms with Crippen LogP contribution in [0, 0.1) is 0 Å². The molecule has 0 radical (unpaired) electrons. The van der Waals surface area contributed by atoms with Gasteiger partial charge in [-0.25, -0.2) is 9.78 Å². The number of carbonyl (C=O) groups is 1. The van der Waals surface area contributed by atoms with Crippen LogP contribution in [0.5, 0.6) is 0 Å². The van der Waals surface area contributed by atoms with E-state index in [1.807, 2.05) is 50.5 Å². The Labute approximate surface area is 170 Å². The molecule has 29 heavy (non-hydrogen) atoms. The number of ether oxygens (including phenoxy) is 1. The van der Waals surface area contributed by atoms with Crippen molar-refractivity contribution in [2.75, 3.05) is 44.9 Å². The van der Waals surface area contributed by atoms with E-state index in [2.05, 4.69) is 25.5 Å². The number of likely N-dealkylation sites (N-methyl/N-ethyl adjacent to an activating group) is 1. The number of hydrogen-bond acceptors (Lipinski definition) is 7. The van der Waals surface area contributed by atoms with Crippen molar-refractivity contribution >= 4 is 23.4 Å². The molecule has 0 aliphatic carbocycles. The summed E-state index contributed by atoms with van der Waals surface area (Å²) in [6.07, 6.45) is 0. The number of benzene rings is 2. The van der Waals surface area contributed by atoms with Crippen molar-refractivity contribution in [2.45, 2.75) is 0 Å². The second-order valence-corrected chi connectivity index (χ2v) is 6.75. The minimum atomic E-state index is -0.369. The van der Waals surface area contributed by atoms with Crippen molar-refractivity contribution in [3.8, 4) is 11.3 Å². The lowest BCUT2D eigenvalue weighted by molar-refractivity contribution is 0.0601. The predicted octanol–water partition coefficient (Wildman–Crippen LogP) is 3.65. The van der Waals surface area contributed by atoms with Crippen molar-refractivity contribution in [1.29, 1.82) is 0 Å². The summed E-state index contributed by atoms with van der Waals surface area (Å²) in [5.74, 6) is 0.852. The number of rotatable bonds is 8. The highest BCUT2D eigenvalue weighted by molar-refractivity contribution is 5.89. The lowest BCUT2D eigenvalue weighted by atomic mass is 10.1. The number of esters is 1. The fraction of sp³-hybridized carbons (Fsp3) is 0.227. The fourth-order valence-corrected chi connectivity index (χ4v) is 2.69. The van der Waals surface area contributed by atoms with E-state index < -0.39 is 0 Å². The molecule has 7 nitrogen and oxygen atoms in total. The van der Waals surface area contributed by atoms with E-state index in [9.17, 15) is 4.79 Å². The van der Waals surface area contributed by atoms with Crippen LogP contribution < -0.4 is 10.6 Å². The van der Waals surface area contributed by atoms with E-state index in [-0.39, 0.29) is 5.97 Å². The lowest BCUT2D eigenvalue weighted by Gasteiger charge is -2.13. The molecule has 0 saturated heterocycles. The molecule has 0 unspecified atom stereocenters. The van der Waals surface area contributed by atoms with Crippen LogP contribution in [0.15, 0.2) is 60.7 Å². The SMILES string of the molecule is COC(=O)c1ccc(Nc2nc(NCCN(C)C)cc(-c3ccccc3)n2)cc1. The van der Waals surface area contributed by atoms with Crippen molar-refractivity contribution in [2.24, 2.45) is 0 Å². The highest BCUT2D eigenvalue weighted by atomic mass is 16.5. The van der Waals surface area contributed by atoms with Crippen LogP contribution in [0.3, 0.4) is 0 Å². The maximum atomic E-state index is 11.6. The summed E-state index contributed by atoms with van der Waals surface area (Å²) in [4.78, 5) is 22.9. The van der Waals surface area contributed by atoms with Crippen molar-refractivity contribution in [3.05, 3.63) is 66.2 Å². The van der Waals surface area contributed by atoms with Crippen LogP contribution in [0.4, 0.5) is 17.5 Å². The van der Waals surface area contributed by atoms with Crippen molar-refractivity contribution in [1.82, 2.24) is 14.9 Å². The third kappa shape index (κ3) is 5.76. The maximum absolute atomic E-state index is 11.6. The standard InChI is InChI=1S/C22H25N5O2/c1-27(2)14-13-23-20-15-19(16-7-5-4-6-8-16)25-22(26-20)24-18-11-9-17(10-12-18)21(28)29-3/h4-12,15H,13-14H2,1-3H3,(H2,23,24,25,26). The van der Waals surface area contributed by atoms with E-state index in [4.69, 9.17) is 4.74 Å². The van der Waals surface area contributed by atoms with Gasteiger partial charge in [0.05, 0.1) is 18.4 Å². The van der Waals surface area contributed by atoms with Crippen LogP contribution >= 0.6 is 0 Å². The summed E-state index contributed by atoms with van der Waals surface area (Å²) < 4.78 is 4.73. The molecule has 0 spiro atoms. The van der Waals surface area contributed by atoms with Crippen LogP contribution in [0.1, 0.15) is 10.4 Å². The van der Waals surface area contributed by atoms with Crippen LogP contribution in [-0.4, -0.2) is 55.1 Å². The first-order valence-corrected chi connectivity index (χ1v) is 9.33. The van der Waals surface area contributed by atoms with Crippen LogP contribution in [0.2, 0.25) is 0 Å². The Morgan fingerprint density at radius 3 is 2.41 bits per heavy atom. The Bertz CT molecular complexity index is 943. The summed E-state index contributed by atoms with van der Waals surface area (Å²) in [5.41, 5.74) is 3.10. The molecule has 3 rings (SSSR count). The number of anilines is 3. The minimum absolute atomic E-state index is 0.369. The van der Waals surface area contributed by atoms with E-state index in [0.29, 0.717) is 11.5 Å². The van der Waals surface area contributed by atoms with Gasteiger partial charge in [0.25, 0.3) is 0 Å². The molecule has 0 fully saturated rings. The number of hydrogen-bond donors (Lipinski definition) is 2. The molecular weight excluding hydrogens is 366 g/mol. The largest absolute Gasteiger partial charge is 0.465 e. The van der Waals surface area contributed by atoms with Gasteiger partial charge in [0.1, 0.15) is 5.82 Å². The third-order valence-electron chi connectivity index (χ3n) is 4.22. The molecule has 0 atom stereocenters. The first-order valence-electron chi connectivity index (χ1n) is 9.33. The average molecular weight is 391 g/mol. The zero-order chi connectivity index (χ0) is 20.6. The molecule has 1 aromatic heterocycles. The highest BCUT2D eigenvalue weighted by Gasteiger charge is 2.09. The molecule has 0 amide bonds. The van der Waals surface area contributed by atoms with Crippen LogP contribution in [0.25, 0.3) is 11.3 Å². The topological polar surface area (TPSA) is 79.4 Å². The Morgan fingerprint density at radius 1 is 1.03 bits per heavy atom. The van der Waals surface area contributed by atoms with Crippen molar-refractivity contribution < 1.29 is 9.53 Å². The van der Waals surface area contributed by atoms with Gasteiger partial charge in [-0.15, -0.1) is 0 Å². The molecule has 3 aromatic rings. The lowest BCUT2D eigenvalue weighted by Crippen LogP contribution is -2.21. The Hall–Kier alpha value is -3.45. The summed E-state index contributed by atoms with van der Waals surface area (Å²) in [6, 6.07) is 18.9. The fourth-order valence-electron chi connectivity index (χ4n) is 2.69. The van der Waals surface area contributed by atoms with Gasteiger partial charge in [-0.3, -0.25) is 0 Å². The van der Waals surface area contributed by atoms with E-state index in [0.717, 1.165) is 35.9 Å². The number of nitrogens with zero attached hydrogens (tertiary/aromatic N) is 3. The van der Waals surface area contributed by atoms with Gasteiger partial charge in [0.15, 0.2) is 0 Å². The first-order chi connectivity index (χ1) is 14.0. The van der Waals surface area contributed by atoms with E-state index in [1.54, 1.807) is 24.3 Å². The maximum Gasteiger partial charge on any atom is 0.337 e. The molecule has 7 heteroatoms. The average Bonchev–Trinajstić information content (AvgIpc) is 2.74. The summed E-state index contributed by atoms with van der Waals surface area (Å²) >= 11 is 0. The normalized spacial score (nSPS) is 10.6. The quantitative estimate of drug-likeness (QED) is 0.568. The smallest absolute Gasteiger partial charge is 0.337 e. The molecule has 0 bridgehead atoms. The zero-order valence-electron chi connectivity index (χ0n) is 16.8. The Balaban J connectivity index is 1.85. The Kier molecular flexibility index (Phi) is 6.76. The number of methoxy groups -OCH3 is 1. The monoisotopic (exact) mass is 391 g/mol. The first kappa shape index (κ1) is 20.3. The molecule has 2 aromatic carbocycles. The second kappa shape index (κ2) is 9.66. The minimum Gasteiger partial charge on any atom is -0.465 e. The number of nitrogens with one attached hydrogen (secondary N) is 2. The molecule has 0 aliphatic heterocycles. The van der Waals surface area contributed by atoms with Gasteiger partial charge < -0.3 is 20.3 Å². The number of aromatic nitrogens is 2. The summed E-state index contributed by atoms with van der Waals surface area (Å²) in [6.45, 7) is 1.66. The number of carbonyl (C=O) groups excluding carboxylic acids is 1. The van der Waals surface area contributed by atoms with E-state index >= 15 is 0 Å². The molecule has 2 N–H and O–H groups in total. The third-order valence-corrected chi connectivity index (χ3v) is 4.22. The van der Waals surface area contributed by atoms with Gasteiger partial charge in [0, 0.05) is 30.4 Å². The molecule has 0 aliphatic rings. The molecular formula is C22H25N5O2. The summed E-state index contributed by atoms with van der Waals surface area (Å²) in [7, 11) is 5.42. The van der Waals surface area contributed by atoms with E-state index in [1.165, 1.54) is 7.11 Å². The van der Waals surface area contributed by atoms with Gasteiger partial charge in [-0.05, 0) is 38.4 Å². The van der Waals surface area contributed by atoms with Crippen molar-refractivity contribution in [3.63, 3.8) is 0 Å². The summed E-state index contributed by atoms with van der Waals surface area (Å²) in [5, 5.41) is 6.56.